The molecule has 1 atom stereocenters. The molecule has 0 bridgehead atoms. The van der Waals surface area contributed by atoms with Crippen molar-refractivity contribution < 1.29 is 9.30 Å². The summed E-state index contributed by atoms with van der Waals surface area (Å²) in [5.41, 5.74) is 1.28. The average Bonchev–Trinajstić information content (AvgIpc) is 2.06. The molecule has 1 unspecified atom stereocenters. The summed E-state index contributed by atoms with van der Waals surface area (Å²) >= 11 is 6.41. The summed E-state index contributed by atoms with van der Waals surface area (Å²) in [7, 11) is -0.660. The lowest BCUT2D eigenvalue weighted by atomic mass is 9.72. The number of rotatable bonds is 3. The Morgan fingerprint density at radius 3 is 2.19 bits per heavy atom. The van der Waals surface area contributed by atoms with Crippen LogP contribution in [0.25, 0.3) is 0 Å². The van der Waals surface area contributed by atoms with Crippen LogP contribution in [0.3, 0.4) is 0 Å². The van der Waals surface area contributed by atoms with Crippen molar-refractivity contribution in [2.24, 2.45) is 5.41 Å². The highest BCUT2D eigenvalue weighted by molar-refractivity contribution is 7.64. The first-order valence-corrected chi connectivity index (χ1v) is 8.48. The van der Waals surface area contributed by atoms with E-state index in [0.29, 0.717) is 6.61 Å². The maximum Gasteiger partial charge on any atom is 0.0954 e. The minimum absolute atomic E-state index is 0.0590. The number of methoxy groups -OCH3 is 1. The van der Waals surface area contributed by atoms with Crippen molar-refractivity contribution in [2.75, 3.05) is 27.0 Å². The lowest BCUT2D eigenvalue weighted by Crippen LogP contribution is -2.45. The first-order valence-electron chi connectivity index (χ1n) is 5.50. The SMILES string of the molecule is COCC1(P(C)(C)=O)CC(C(C)(C)C)=C1Cl. The van der Waals surface area contributed by atoms with Gasteiger partial charge in [-0.25, -0.2) is 0 Å². The average molecular weight is 265 g/mol. The van der Waals surface area contributed by atoms with E-state index >= 15 is 0 Å². The van der Waals surface area contributed by atoms with Gasteiger partial charge >= 0.3 is 0 Å². The quantitative estimate of drug-likeness (QED) is 0.722. The second-order valence-corrected chi connectivity index (χ2v) is 9.97. The Hall–Kier alpha value is 0.220. The van der Waals surface area contributed by atoms with Gasteiger partial charge in [-0.1, -0.05) is 32.4 Å². The Labute approximate surface area is 104 Å². The van der Waals surface area contributed by atoms with Crippen LogP contribution in [0.1, 0.15) is 27.2 Å². The van der Waals surface area contributed by atoms with Gasteiger partial charge in [-0.2, -0.15) is 0 Å². The first kappa shape index (κ1) is 14.3. The molecule has 16 heavy (non-hydrogen) atoms. The van der Waals surface area contributed by atoms with Gasteiger partial charge in [-0.15, -0.1) is 0 Å². The Balaban J connectivity index is 3.16. The number of hydrogen-bond acceptors (Lipinski definition) is 2. The molecule has 4 heteroatoms. The van der Waals surface area contributed by atoms with Crippen LogP contribution < -0.4 is 0 Å². The van der Waals surface area contributed by atoms with Gasteiger partial charge in [0, 0.05) is 12.1 Å². The second kappa shape index (κ2) is 4.15. The number of hydrogen-bond donors (Lipinski definition) is 0. The summed E-state index contributed by atoms with van der Waals surface area (Å²) in [6.07, 6.45) is 0.799. The van der Waals surface area contributed by atoms with Crippen LogP contribution >= 0.6 is 18.7 Å². The zero-order chi connectivity index (χ0) is 12.8. The van der Waals surface area contributed by atoms with Crippen molar-refractivity contribution in [1.82, 2.24) is 0 Å². The molecule has 0 aromatic rings. The van der Waals surface area contributed by atoms with E-state index in [-0.39, 0.29) is 5.41 Å². The molecule has 0 spiro atoms. The molecular weight excluding hydrogens is 243 g/mol. The Morgan fingerprint density at radius 1 is 1.44 bits per heavy atom. The number of allylic oxidation sites excluding steroid dienone is 1. The predicted molar refractivity (Wildman–Crippen MR) is 71.0 cm³/mol. The largest absolute Gasteiger partial charge is 0.383 e. The zero-order valence-electron chi connectivity index (χ0n) is 11.1. The van der Waals surface area contributed by atoms with Crippen LogP contribution in [0, 0.1) is 5.41 Å². The Bertz CT molecular complexity index is 362. The van der Waals surface area contributed by atoms with E-state index in [1.165, 1.54) is 5.57 Å². The molecule has 0 aromatic carbocycles. The van der Waals surface area contributed by atoms with Crippen LogP contribution in [0.15, 0.2) is 10.6 Å². The van der Waals surface area contributed by atoms with E-state index in [4.69, 9.17) is 16.3 Å². The molecule has 0 saturated heterocycles. The molecule has 0 radical (unpaired) electrons. The zero-order valence-corrected chi connectivity index (χ0v) is 12.7. The molecule has 0 heterocycles. The molecule has 1 aliphatic rings. The fraction of sp³-hybridized carbons (Fsp3) is 0.833. The number of halogens is 1. The van der Waals surface area contributed by atoms with Gasteiger partial charge in [0.1, 0.15) is 0 Å². The summed E-state index contributed by atoms with van der Waals surface area (Å²) in [5.74, 6) is 0. The van der Waals surface area contributed by atoms with Crippen molar-refractivity contribution in [3.8, 4) is 0 Å². The van der Waals surface area contributed by atoms with E-state index in [9.17, 15) is 4.57 Å². The topological polar surface area (TPSA) is 26.3 Å². The smallest absolute Gasteiger partial charge is 0.0954 e. The third-order valence-electron chi connectivity index (χ3n) is 3.46. The highest BCUT2D eigenvalue weighted by atomic mass is 35.5. The van der Waals surface area contributed by atoms with E-state index in [1.54, 1.807) is 20.4 Å². The highest BCUT2D eigenvalue weighted by Crippen LogP contribution is 2.67. The van der Waals surface area contributed by atoms with E-state index in [0.717, 1.165) is 11.5 Å². The van der Waals surface area contributed by atoms with E-state index < -0.39 is 12.3 Å². The van der Waals surface area contributed by atoms with Crippen molar-refractivity contribution >= 4 is 18.7 Å². The standard InChI is InChI=1S/C12H22ClO2P/c1-11(2,3)9-7-12(8-15-4,10(9)13)16(5,6)14/h7-8H2,1-6H3. The van der Waals surface area contributed by atoms with Crippen molar-refractivity contribution in [3.63, 3.8) is 0 Å². The van der Waals surface area contributed by atoms with Gasteiger partial charge in [0.15, 0.2) is 0 Å². The summed E-state index contributed by atoms with van der Waals surface area (Å²) in [6.45, 7) is 10.5. The third-order valence-corrected chi connectivity index (χ3v) is 6.76. The van der Waals surface area contributed by atoms with Gasteiger partial charge in [0.25, 0.3) is 0 Å². The molecule has 0 aromatic heterocycles. The number of ether oxygens (including phenoxy) is 1. The molecule has 0 fully saturated rings. The predicted octanol–water partition coefficient (Wildman–Crippen LogP) is 3.94. The molecule has 0 N–H and O–H groups in total. The van der Waals surface area contributed by atoms with Crippen molar-refractivity contribution in [3.05, 3.63) is 10.6 Å². The summed E-state index contributed by atoms with van der Waals surface area (Å²) in [6, 6.07) is 0. The van der Waals surface area contributed by atoms with Gasteiger partial charge in [-0.05, 0) is 30.7 Å². The summed E-state index contributed by atoms with van der Waals surface area (Å²) < 4.78 is 17.6. The maximum atomic E-state index is 12.4. The van der Waals surface area contributed by atoms with Gasteiger partial charge in [-0.3, -0.25) is 0 Å². The highest BCUT2D eigenvalue weighted by Gasteiger charge is 2.54. The van der Waals surface area contributed by atoms with Crippen LogP contribution in [-0.4, -0.2) is 32.2 Å². The lowest BCUT2D eigenvalue weighted by molar-refractivity contribution is 0.164. The summed E-state index contributed by atoms with van der Waals surface area (Å²) in [5, 5.41) is 0.349. The third kappa shape index (κ3) is 2.12. The maximum absolute atomic E-state index is 12.4. The van der Waals surface area contributed by atoms with Crippen molar-refractivity contribution in [2.45, 2.75) is 32.3 Å². The molecular formula is C12H22ClO2P. The Morgan fingerprint density at radius 2 is 1.94 bits per heavy atom. The molecule has 0 aliphatic heterocycles. The molecule has 1 rings (SSSR count). The van der Waals surface area contributed by atoms with Crippen LogP contribution in [-0.2, 0) is 9.30 Å². The minimum Gasteiger partial charge on any atom is -0.383 e. The molecule has 0 saturated carbocycles. The van der Waals surface area contributed by atoms with Crippen LogP contribution in [0.2, 0.25) is 0 Å². The van der Waals surface area contributed by atoms with E-state index in [2.05, 4.69) is 20.8 Å². The lowest BCUT2D eigenvalue weighted by Gasteiger charge is -2.49. The van der Waals surface area contributed by atoms with Crippen LogP contribution in [0.5, 0.6) is 0 Å². The van der Waals surface area contributed by atoms with Crippen molar-refractivity contribution in [1.29, 1.82) is 0 Å². The normalized spacial score (nSPS) is 26.9. The first-order chi connectivity index (χ1) is 7.06. The molecule has 0 amide bonds. The second-order valence-electron chi connectivity index (χ2n) is 6.03. The molecule has 2 nitrogen and oxygen atoms in total. The molecule has 94 valence electrons. The monoisotopic (exact) mass is 264 g/mol. The fourth-order valence-electron chi connectivity index (χ4n) is 2.15. The van der Waals surface area contributed by atoms with Gasteiger partial charge < -0.3 is 9.30 Å². The van der Waals surface area contributed by atoms with E-state index in [1.807, 2.05) is 0 Å². The summed E-state index contributed by atoms with van der Waals surface area (Å²) in [4.78, 5) is 0. The van der Waals surface area contributed by atoms with Crippen LogP contribution in [0.4, 0.5) is 0 Å². The van der Waals surface area contributed by atoms with Gasteiger partial charge in [0.2, 0.25) is 0 Å². The Kier molecular flexibility index (Phi) is 3.71. The fourth-order valence-corrected chi connectivity index (χ4v) is 4.82. The molecule has 1 aliphatic carbocycles. The minimum atomic E-state index is -2.30. The van der Waals surface area contributed by atoms with Gasteiger partial charge in [0.05, 0.1) is 18.9 Å².